The lowest BCUT2D eigenvalue weighted by atomic mass is 10.1. The van der Waals surface area contributed by atoms with Gasteiger partial charge in [0.05, 0.1) is 19.7 Å². The second-order valence-electron chi connectivity index (χ2n) is 9.17. The van der Waals surface area contributed by atoms with Crippen molar-refractivity contribution < 1.29 is 4.74 Å². The van der Waals surface area contributed by atoms with Crippen LogP contribution in [0.4, 0.5) is 0 Å². The van der Waals surface area contributed by atoms with Crippen LogP contribution in [0.1, 0.15) is 35.0 Å². The molecule has 0 saturated carbocycles. The van der Waals surface area contributed by atoms with Crippen molar-refractivity contribution in [1.29, 1.82) is 0 Å². The monoisotopic (exact) mass is 494 g/mol. The third-order valence-corrected chi connectivity index (χ3v) is 6.27. The molecule has 0 aliphatic carbocycles. The summed E-state index contributed by atoms with van der Waals surface area (Å²) in [5, 5.41) is 13.4. The van der Waals surface area contributed by atoms with Crippen LogP contribution < -0.4 is 10.3 Å². The van der Waals surface area contributed by atoms with Crippen molar-refractivity contribution in [2.45, 2.75) is 40.0 Å². The van der Waals surface area contributed by atoms with E-state index >= 15 is 0 Å². The lowest BCUT2D eigenvalue weighted by molar-refractivity contribution is 0.236. The zero-order valence-corrected chi connectivity index (χ0v) is 21.1. The fraction of sp³-hybridized carbons (Fsp3) is 0.241. The van der Waals surface area contributed by atoms with Crippen LogP contribution in [0.3, 0.4) is 0 Å². The fourth-order valence-electron chi connectivity index (χ4n) is 4.38. The van der Waals surface area contributed by atoms with E-state index in [1.807, 2.05) is 54.1 Å². The molecule has 37 heavy (non-hydrogen) atoms. The number of tetrazole rings is 1. The lowest BCUT2D eigenvalue weighted by Crippen LogP contribution is -2.28. The van der Waals surface area contributed by atoms with E-state index in [0.717, 1.165) is 33.6 Å². The first-order valence-corrected chi connectivity index (χ1v) is 12.4. The summed E-state index contributed by atoms with van der Waals surface area (Å²) in [6.45, 7) is 6.78. The van der Waals surface area contributed by atoms with Gasteiger partial charge in [0.1, 0.15) is 5.75 Å². The fourth-order valence-corrected chi connectivity index (χ4v) is 4.38. The Balaban J connectivity index is 1.44. The molecule has 0 spiro atoms. The molecule has 8 heteroatoms. The maximum absolute atomic E-state index is 13.0. The predicted octanol–water partition coefficient (Wildman–Crippen LogP) is 4.47. The third-order valence-electron chi connectivity index (χ3n) is 6.27. The van der Waals surface area contributed by atoms with Gasteiger partial charge in [-0.25, -0.2) is 4.68 Å². The first-order valence-electron chi connectivity index (χ1n) is 12.4. The van der Waals surface area contributed by atoms with Crippen LogP contribution in [0.15, 0.2) is 83.7 Å². The molecule has 2 heterocycles. The first-order chi connectivity index (χ1) is 18.1. The number of fused-ring (bicyclic) bond motifs is 1. The molecule has 0 bridgehead atoms. The molecule has 0 unspecified atom stereocenters. The van der Waals surface area contributed by atoms with Gasteiger partial charge < -0.3 is 9.72 Å². The number of aryl methyl sites for hydroxylation is 1. The molecule has 1 N–H and O–H groups in total. The van der Waals surface area contributed by atoms with Crippen LogP contribution in [0.2, 0.25) is 0 Å². The molecule has 0 aliphatic heterocycles. The second-order valence-corrected chi connectivity index (χ2v) is 9.17. The van der Waals surface area contributed by atoms with E-state index in [0.29, 0.717) is 38.3 Å². The molecule has 0 fully saturated rings. The van der Waals surface area contributed by atoms with Gasteiger partial charge in [-0.3, -0.25) is 9.69 Å². The van der Waals surface area contributed by atoms with Crippen molar-refractivity contribution in [2.75, 3.05) is 6.61 Å². The number of nitrogens with zero attached hydrogens (tertiary/aromatic N) is 5. The normalized spacial score (nSPS) is 11.3. The van der Waals surface area contributed by atoms with E-state index < -0.39 is 0 Å². The van der Waals surface area contributed by atoms with Gasteiger partial charge in [-0.1, -0.05) is 60.2 Å². The number of rotatable bonds is 10. The SMILES string of the molecule is CCOc1ccc2[nH]c(=O)c(CN(Cc3ccc(C)cc3)Cc3nnnn3Cc3ccccc3)cc2c1. The maximum Gasteiger partial charge on any atom is 0.252 e. The van der Waals surface area contributed by atoms with Gasteiger partial charge in [-0.15, -0.1) is 5.10 Å². The summed E-state index contributed by atoms with van der Waals surface area (Å²) in [5.74, 6) is 1.52. The average molecular weight is 495 g/mol. The highest BCUT2D eigenvalue weighted by Gasteiger charge is 2.16. The van der Waals surface area contributed by atoms with Crippen molar-refractivity contribution in [3.05, 3.63) is 117 Å². The zero-order chi connectivity index (χ0) is 25.6. The van der Waals surface area contributed by atoms with Crippen LogP contribution in [0, 0.1) is 6.92 Å². The average Bonchev–Trinajstić information content (AvgIpc) is 3.33. The van der Waals surface area contributed by atoms with Crippen LogP contribution >= 0.6 is 0 Å². The van der Waals surface area contributed by atoms with Crippen LogP contribution in [-0.4, -0.2) is 36.7 Å². The molecule has 8 nitrogen and oxygen atoms in total. The van der Waals surface area contributed by atoms with Crippen LogP contribution in [0.5, 0.6) is 5.75 Å². The van der Waals surface area contributed by atoms with E-state index in [1.165, 1.54) is 5.56 Å². The number of benzene rings is 3. The molecule has 3 aromatic carbocycles. The third kappa shape index (κ3) is 6.10. The quantitative estimate of drug-likeness (QED) is 0.308. The molecular formula is C29H30N6O2. The number of nitrogens with one attached hydrogen (secondary N) is 1. The summed E-state index contributed by atoms with van der Waals surface area (Å²) in [6, 6.07) is 26.2. The van der Waals surface area contributed by atoms with Crippen molar-refractivity contribution in [3.63, 3.8) is 0 Å². The largest absolute Gasteiger partial charge is 0.494 e. The summed E-state index contributed by atoms with van der Waals surface area (Å²) >= 11 is 0. The van der Waals surface area contributed by atoms with Gasteiger partial charge in [-0.05, 0) is 59.7 Å². The molecular weight excluding hydrogens is 464 g/mol. The summed E-state index contributed by atoms with van der Waals surface area (Å²) in [4.78, 5) is 18.2. The summed E-state index contributed by atoms with van der Waals surface area (Å²) in [5.41, 5.74) is 4.85. The highest BCUT2D eigenvalue weighted by Crippen LogP contribution is 2.20. The van der Waals surface area contributed by atoms with Crippen LogP contribution in [0.25, 0.3) is 10.9 Å². The zero-order valence-electron chi connectivity index (χ0n) is 21.1. The highest BCUT2D eigenvalue weighted by atomic mass is 16.5. The van der Waals surface area contributed by atoms with Gasteiger partial charge in [0.25, 0.3) is 5.56 Å². The van der Waals surface area contributed by atoms with E-state index in [4.69, 9.17) is 4.74 Å². The highest BCUT2D eigenvalue weighted by molar-refractivity contribution is 5.80. The van der Waals surface area contributed by atoms with E-state index in [-0.39, 0.29) is 5.56 Å². The van der Waals surface area contributed by atoms with Gasteiger partial charge in [0.2, 0.25) is 0 Å². The lowest BCUT2D eigenvalue weighted by Gasteiger charge is -2.22. The summed E-state index contributed by atoms with van der Waals surface area (Å²) in [7, 11) is 0. The van der Waals surface area contributed by atoms with E-state index in [9.17, 15) is 4.79 Å². The Bertz CT molecular complexity index is 1530. The number of aromatic nitrogens is 5. The first kappa shape index (κ1) is 24.4. The summed E-state index contributed by atoms with van der Waals surface area (Å²) in [6.07, 6.45) is 0. The van der Waals surface area contributed by atoms with Crippen molar-refractivity contribution in [3.8, 4) is 5.75 Å². The number of hydrogen-bond acceptors (Lipinski definition) is 6. The standard InChI is InChI=1S/C29H30N6O2/c1-3-37-26-13-14-27-24(16-26)15-25(29(36)30-27)19-34(17-23-11-9-21(2)10-12-23)20-28-31-32-33-35(28)18-22-7-5-4-6-8-22/h4-16H,3,17-20H2,1-2H3,(H,30,36). The van der Waals surface area contributed by atoms with E-state index in [1.54, 1.807) is 0 Å². The Morgan fingerprint density at radius 3 is 2.51 bits per heavy atom. The molecule has 5 rings (SSSR count). The molecule has 0 amide bonds. The Morgan fingerprint density at radius 1 is 0.919 bits per heavy atom. The van der Waals surface area contributed by atoms with Crippen molar-refractivity contribution in [1.82, 2.24) is 30.1 Å². The Hall–Kier alpha value is -4.30. The topological polar surface area (TPSA) is 88.9 Å². The number of H-pyrrole nitrogens is 1. The second kappa shape index (κ2) is 11.2. The minimum Gasteiger partial charge on any atom is -0.494 e. The van der Waals surface area contributed by atoms with Gasteiger partial charge in [-0.2, -0.15) is 0 Å². The van der Waals surface area contributed by atoms with E-state index in [2.05, 4.69) is 68.7 Å². The molecule has 0 radical (unpaired) electrons. The smallest absolute Gasteiger partial charge is 0.252 e. The van der Waals surface area contributed by atoms with Gasteiger partial charge in [0.15, 0.2) is 5.82 Å². The Labute approximate surface area is 215 Å². The Morgan fingerprint density at radius 2 is 1.73 bits per heavy atom. The number of ether oxygens (including phenoxy) is 1. The molecule has 2 aromatic heterocycles. The van der Waals surface area contributed by atoms with Crippen molar-refractivity contribution in [2.24, 2.45) is 0 Å². The maximum atomic E-state index is 13.0. The van der Waals surface area contributed by atoms with Crippen LogP contribution in [-0.2, 0) is 26.2 Å². The summed E-state index contributed by atoms with van der Waals surface area (Å²) < 4.78 is 7.47. The number of hydrogen-bond donors (Lipinski definition) is 1. The predicted molar refractivity (Wildman–Crippen MR) is 143 cm³/mol. The molecule has 5 aromatic rings. The number of pyridine rings is 1. The number of aromatic amines is 1. The molecule has 0 atom stereocenters. The van der Waals surface area contributed by atoms with Gasteiger partial charge >= 0.3 is 0 Å². The van der Waals surface area contributed by atoms with Crippen molar-refractivity contribution >= 4 is 10.9 Å². The Kier molecular flexibility index (Phi) is 7.37. The molecule has 0 saturated heterocycles. The minimum atomic E-state index is -0.102. The molecule has 188 valence electrons. The minimum absolute atomic E-state index is 0.102. The van der Waals surface area contributed by atoms with Gasteiger partial charge in [0, 0.05) is 29.6 Å². The molecule has 0 aliphatic rings.